The van der Waals surface area contributed by atoms with E-state index >= 15 is 0 Å². The maximum atomic E-state index is 11.6. The highest BCUT2D eigenvalue weighted by Gasteiger charge is 2.36. The molecule has 1 aliphatic rings. The number of rotatable bonds is 5. The summed E-state index contributed by atoms with van der Waals surface area (Å²) < 4.78 is 0. The summed E-state index contributed by atoms with van der Waals surface area (Å²) in [5.74, 6) is 0.00161. The largest absolute Gasteiger partial charge is 0.389 e. The van der Waals surface area contributed by atoms with Gasteiger partial charge in [-0.25, -0.2) is 0 Å². The van der Waals surface area contributed by atoms with E-state index in [1.54, 1.807) is 6.92 Å². The maximum Gasteiger partial charge on any atom is 0.246 e. The lowest BCUT2D eigenvalue weighted by atomic mass is 9.94. The second kappa shape index (κ2) is 5.14. The molecule has 0 saturated carbocycles. The fourth-order valence-electron chi connectivity index (χ4n) is 2.21. The van der Waals surface area contributed by atoms with Crippen molar-refractivity contribution >= 4 is 11.8 Å². The Hall–Kier alpha value is -0.940. The van der Waals surface area contributed by atoms with Crippen molar-refractivity contribution in [2.75, 3.05) is 13.6 Å². The molecule has 17 heavy (non-hydrogen) atoms. The Kier molecular flexibility index (Phi) is 4.27. The number of nitrogens with zero attached hydrogens (tertiary/aromatic N) is 1. The van der Waals surface area contributed by atoms with Gasteiger partial charge in [0.25, 0.3) is 0 Å². The van der Waals surface area contributed by atoms with Gasteiger partial charge in [0.15, 0.2) is 0 Å². The molecule has 1 fully saturated rings. The zero-order valence-corrected chi connectivity index (χ0v) is 11.0. The Morgan fingerprint density at radius 2 is 2.12 bits per heavy atom. The van der Waals surface area contributed by atoms with Crippen LogP contribution in [-0.2, 0) is 9.59 Å². The molecule has 98 valence electrons. The summed E-state index contributed by atoms with van der Waals surface area (Å²) in [6, 6.07) is -0.480. The normalized spacial score (nSPS) is 24.6. The van der Waals surface area contributed by atoms with Crippen LogP contribution in [0.4, 0.5) is 0 Å². The first-order valence-electron chi connectivity index (χ1n) is 5.99. The molecule has 1 saturated heterocycles. The molecule has 0 aliphatic carbocycles. The molecule has 5 nitrogen and oxygen atoms in total. The van der Waals surface area contributed by atoms with Gasteiger partial charge < -0.3 is 10.4 Å². The van der Waals surface area contributed by atoms with Crippen LogP contribution in [-0.4, -0.2) is 47.1 Å². The Morgan fingerprint density at radius 1 is 1.53 bits per heavy atom. The molecule has 2 atom stereocenters. The summed E-state index contributed by atoms with van der Waals surface area (Å²) in [4.78, 5) is 24.0. The van der Waals surface area contributed by atoms with E-state index < -0.39 is 11.6 Å². The maximum absolute atomic E-state index is 11.6. The van der Waals surface area contributed by atoms with Crippen LogP contribution in [0.2, 0.25) is 0 Å². The predicted molar refractivity (Wildman–Crippen MR) is 64.3 cm³/mol. The molecule has 2 amide bonds. The van der Waals surface area contributed by atoms with E-state index in [0.717, 1.165) is 4.90 Å². The van der Waals surface area contributed by atoms with Crippen LogP contribution in [0.15, 0.2) is 0 Å². The Balaban J connectivity index is 2.46. The second-order valence-corrected chi connectivity index (χ2v) is 5.52. The molecule has 0 bridgehead atoms. The van der Waals surface area contributed by atoms with Crippen LogP contribution in [0.5, 0.6) is 0 Å². The van der Waals surface area contributed by atoms with E-state index in [1.807, 2.05) is 13.8 Å². The Bertz CT molecular complexity index is 313. The lowest BCUT2D eigenvalue weighted by molar-refractivity contribution is -0.137. The Labute approximate surface area is 102 Å². The van der Waals surface area contributed by atoms with E-state index in [9.17, 15) is 14.7 Å². The monoisotopic (exact) mass is 242 g/mol. The third-order valence-electron chi connectivity index (χ3n) is 2.96. The summed E-state index contributed by atoms with van der Waals surface area (Å²) in [6.07, 6.45) is 0.845. The first-order chi connectivity index (χ1) is 7.73. The first-order valence-corrected chi connectivity index (χ1v) is 5.99. The molecule has 0 aromatic carbocycles. The number of likely N-dealkylation sites (tertiary alicyclic amines) is 1. The molecule has 1 aliphatic heterocycles. The van der Waals surface area contributed by atoms with Gasteiger partial charge in [0.1, 0.15) is 0 Å². The lowest BCUT2D eigenvalue weighted by Crippen LogP contribution is -2.46. The molecule has 5 heteroatoms. The summed E-state index contributed by atoms with van der Waals surface area (Å²) in [7, 11) is 1.48. The Morgan fingerprint density at radius 3 is 2.53 bits per heavy atom. The number of hydrogen-bond acceptors (Lipinski definition) is 4. The van der Waals surface area contributed by atoms with Crippen molar-refractivity contribution < 1.29 is 14.7 Å². The minimum absolute atomic E-state index is 0.170. The molecule has 0 aromatic heterocycles. The van der Waals surface area contributed by atoms with Crippen molar-refractivity contribution in [1.29, 1.82) is 0 Å². The highest BCUT2D eigenvalue weighted by atomic mass is 16.3. The lowest BCUT2D eigenvalue weighted by Gasteiger charge is -2.26. The van der Waals surface area contributed by atoms with E-state index in [1.165, 1.54) is 7.05 Å². The highest BCUT2D eigenvalue weighted by Crippen LogP contribution is 2.17. The average Bonchev–Trinajstić information content (AvgIpc) is 2.41. The van der Waals surface area contributed by atoms with Crippen LogP contribution in [0.25, 0.3) is 0 Å². The zero-order chi connectivity index (χ0) is 13.2. The smallest absolute Gasteiger partial charge is 0.246 e. The number of carbonyl (C=O) groups is 2. The van der Waals surface area contributed by atoms with Gasteiger partial charge in [0.05, 0.1) is 18.1 Å². The van der Waals surface area contributed by atoms with Gasteiger partial charge in [-0.2, -0.15) is 0 Å². The third-order valence-corrected chi connectivity index (χ3v) is 2.96. The highest BCUT2D eigenvalue weighted by molar-refractivity contribution is 6.05. The van der Waals surface area contributed by atoms with E-state index in [4.69, 9.17) is 0 Å². The number of aliphatic hydroxyl groups is 1. The van der Waals surface area contributed by atoms with Gasteiger partial charge in [0.2, 0.25) is 11.8 Å². The molecule has 0 radical (unpaired) electrons. The molecular weight excluding hydrogens is 220 g/mol. The van der Waals surface area contributed by atoms with Crippen molar-refractivity contribution in [3.63, 3.8) is 0 Å². The molecule has 0 aromatic rings. The first kappa shape index (κ1) is 14.1. The van der Waals surface area contributed by atoms with E-state index in [-0.39, 0.29) is 18.2 Å². The summed E-state index contributed by atoms with van der Waals surface area (Å²) in [6.45, 7) is 6.13. The van der Waals surface area contributed by atoms with E-state index in [2.05, 4.69) is 5.32 Å². The SMILES string of the molecule is CC(C)CC(C)(O)CNC1CC(=O)N(C)C1=O. The standard InChI is InChI=1S/C12H22N2O3/c1-8(2)6-12(3,17)7-13-9-5-10(15)14(4)11(9)16/h8-9,13,17H,5-7H2,1-4H3. The van der Waals surface area contributed by atoms with Gasteiger partial charge >= 0.3 is 0 Å². The molecule has 2 unspecified atom stereocenters. The zero-order valence-electron chi connectivity index (χ0n) is 11.0. The quantitative estimate of drug-likeness (QED) is 0.672. The number of nitrogens with one attached hydrogen (secondary N) is 1. The third kappa shape index (κ3) is 3.78. The van der Waals surface area contributed by atoms with Gasteiger partial charge in [-0.15, -0.1) is 0 Å². The van der Waals surface area contributed by atoms with Crippen LogP contribution in [0, 0.1) is 5.92 Å². The molecule has 0 spiro atoms. The van der Waals surface area contributed by atoms with Crippen molar-refractivity contribution in [3.05, 3.63) is 0 Å². The van der Waals surface area contributed by atoms with Gasteiger partial charge in [-0.05, 0) is 19.3 Å². The molecule has 2 N–H and O–H groups in total. The topological polar surface area (TPSA) is 69.6 Å². The van der Waals surface area contributed by atoms with Crippen LogP contribution in [0.1, 0.15) is 33.6 Å². The minimum Gasteiger partial charge on any atom is -0.389 e. The number of hydrogen-bond donors (Lipinski definition) is 2. The number of amides is 2. The molecule has 1 heterocycles. The molecular formula is C12H22N2O3. The fraction of sp³-hybridized carbons (Fsp3) is 0.833. The van der Waals surface area contributed by atoms with Crippen LogP contribution in [0.3, 0.4) is 0 Å². The summed E-state index contributed by atoms with van der Waals surface area (Å²) in [5, 5.41) is 13.1. The minimum atomic E-state index is -0.849. The van der Waals surface area contributed by atoms with Gasteiger partial charge in [-0.3, -0.25) is 14.5 Å². The second-order valence-electron chi connectivity index (χ2n) is 5.52. The summed E-state index contributed by atoms with van der Waals surface area (Å²) >= 11 is 0. The fourth-order valence-corrected chi connectivity index (χ4v) is 2.21. The van der Waals surface area contributed by atoms with Gasteiger partial charge in [0, 0.05) is 13.6 Å². The van der Waals surface area contributed by atoms with Crippen LogP contribution < -0.4 is 5.32 Å². The summed E-state index contributed by atoms with van der Waals surface area (Å²) in [5.41, 5.74) is -0.849. The van der Waals surface area contributed by atoms with Gasteiger partial charge in [-0.1, -0.05) is 13.8 Å². The average molecular weight is 242 g/mol. The van der Waals surface area contributed by atoms with Crippen LogP contribution >= 0.6 is 0 Å². The molecule has 1 rings (SSSR count). The number of carbonyl (C=O) groups excluding carboxylic acids is 2. The van der Waals surface area contributed by atoms with Crippen molar-refractivity contribution in [3.8, 4) is 0 Å². The van der Waals surface area contributed by atoms with Crippen molar-refractivity contribution in [2.45, 2.75) is 45.3 Å². The number of likely N-dealkylation sites (N-methyl/N-ethyl adjacent to an activating group) is 1. The predicted octanol–water partition coefficient (Wildman–Crippen LogP) is 0.130. The van der Waals surface area contributed by atoms with Crippen molar-refractivity contribution in [2.24, 2.45) is 5.92 Å². The van der Waals surface area contributed by atoms with Crippen molar-refractivity contribution in [1.82, 2.24) is 10.2 Å². The van der Waals surface area contributed by atoms with E-state index in [0.29, 0.717) is 18.9 Å². The number of imide groups is 1.